The number of benzene rings is 8. The minimum Gasteiger partial charge on any atom is -0.309 e. The lowest BCUT2D eigenvalue weighted by Gasteiger charge is -2.17. The Bertz CT molecular complexity index is 3170. The van der Waals surface area contributed by atoms with Gasteiger partial charge in [-0.15, -0.1) is 0 Å². The second-order valence-corrected chi connectivity index (χ2v) is 13.6. The van der Waals surface area contributed by atoms with Crippen LogP contribution in [0.25, 0.3) is 88.4 Å². The molecule has 0 fully saturated rings. The first-order valence-electron chi connectivity index (χ1n) is 18.0. The molecule has 2 aromatic heterocycles. The molecule has 0 atom stereocenters. The molecule has 0 aliphatic heterocycles. The molecule has 2 heterocycles. The summed E-state index contributed by atoms with van der Waals surface area (Å²) < 4.78 is 4.63. The van der Waals surface area contributed by atoms with Crippen LogP contribution in [0.1, 0.15) is 11.1 Å². The minimum absolute atomic E-state index is 0.611. The summed E-state index contributed by atoms with van der Waals surface area (Å²) in [6, 6.07) is 68.1. The third kappa shape index (κ3) is 4.83. The van der Waals surface area contributed by atoms with Crippen LogP contribution in [-0.4, -0.2) is 9.13 Å². The van der Waals surface area contributed by atoms with Crippen molar-refractivity contribution in [1.82, 2.24) is 9.13 Å². The van der Waals surface area contributed by atoms with E-state index < -0.39 is 0 Å². The van der Waals surface area contributed by atoms with Crippen molar-refractivity contribution in [2.24, 2.45) is 0 Å². The lowest BCUT2D eigenvalue weighted by atomic mass is 9.88. The van der Waals surface area contributed by atoms with Gasteiger partial charge < -0.3 is 9.13 Å². The average Bonchev–Trinajstić information content (AvgIpc) is 3.76. The zero-order valence-corrected chi connectivity index (χ0v) is 29.1. The topological polar surface area (TPSA) is 57.4 Å². The fraction of sp³-hybridized carbons (Fsp3) is 0. The Morgan fingerprint density at radius 2 is 0.889 bits per heavy atom. The summed E-state index contributed by atoms with van der Waals surface area (Å²) in [5.74, 6) is 0. The second kappa shape index (κ2) is 12.5. The molecule has 54 heavy (non-hydrogen) atoms. The first kappa shape index (κ1) is 31.1. The van der Waals surface area contributed by atoms with Crippen molar-refractivity contribution in [2.75, 3.05) is 0 Å². The number of aromatic nitrogens is 2. The van der Waals surface area contributed by atoms with Gasteiger partial charge in [-0.1, -0.05) is 115 Å². The Morgan fingerprint density at radius 3 is 1.65 bits per heavy atom. The molecule has 0 saturated heterocycles. The van der Waals surface area contributed by atoms with Gasteiger partial charge in [0.2, 0.25) is 0 Å². The van der Waals surface area contributed by atoms with Gasteiger partial charge in [-0.2, -0.15) is 10.5 Å². The molecule has 0 amide bonds. The molecule has 10 aromatic rings. The summed E-state index contributed by atoms with van der Waals surface area (Å²) in [5, 5.41) is 23.8. The number of fused-ring (bicyclic) bond motifs is 6. The fourth-order valence-electron chi connectivity index (χ4n) is 8.22. The van der Waals surface area contributed by atoms with Crippen LogP contribution in [0, 0.1) is 22.7 Å². The highest BCUT2D eigenvalue weighted by Crippen LogP contribution is 2.44. The Morgan fingerprint density at radius 1 is 0.333 bits per heavy atom. The highest BCUT2D eigenvalue weighted by atomic mass is 15.0. The van der Waals surface area contributed by atoms with Crippen molar-refractivity contribution < 1.29 is 0 Å². The van der Waals surface area contributed by atoms with E-state index in [1.165, 1.54) is 27.4 Å². The van der Waals surface area contributed by atoms with Gasteiger partial charge in [-0.25, -0.2) is 0 Å². The molecular weight excluding hydrogens is 657 g/mol. The molecule has 0 aliphatic carbocycles. The van der Waals surface area contributed by atoms with Gasteiger partial charge in [0.05, 0.1) is 45.3 Å². The van der Waals surface area contributed by atoms with Crippen molar-refractivity contribution in [3.05, 3.63) is 193 Å². The van der Waals surface area contributed by atoms with E-state index in [2.05, 4.69) is 161 Å². The molecule has 0 radical (unpaired) electrons. The first-order valence-corrected chi connectivity index (χ1v) is 18.0. The van der Waals surface area contributed by atoms with Crippen molar-refractivity contribution in [1.29, 1.82) is 10.5 Å². The molecule has 0 saturated carbocycles. The molecule has 0 N–H and O–H groups in total. The van der Waals surface area contributed by atoms with Crippen LogP contribution in [0.2, 0.25) is 0 Å². The number of rotatable bonds is 5. The van der Waals surface area contributed by atoms with E-state index in [0.717, 1.165) is 61.0 Å². The van der Waals surface area contributed by atoms with Crippen molar-refractivity contribution in [3.8, 4) is 56.9 Å². The zero-order valence-electron chi connectivity index (χ0n) is 29.1. The highest BCUT2D eigenvalue weighted by Gasteiger charge is 2.20. The molecule has 4 nitrogen and oxygen atoms in total. The predicted octanol–water partition coefficient (Wildman–Crippen LogP) is 12.6. The van der Waals surface area contributed by atoms with Gasteiger partial charge in [0, 0.05) is 38.5 Å². The van der Waals surface area contributed by atoms with Gasteiger partial charge in [-0.05, 0) is 94.5 Å². The molecular formula is C50H30N4. The van der Waals surface area contributed by atoms with Gasteiger partial charge in [0.25, 0.3) is 0 Å². The molecule has 4 heteroatoms. The largest absolute Gasteiger partial charge is 0.309 e. The summed E-state index contributed by atoms with van der Waals surface area (Å²) in [7, 11) is 0. The summed E-state index contributed by atoms with van der Waals surface area (Å²) in [6.45, 7) is 0. The maximum absolute atomic E-state index is 9.77. The Kier molecular flexibility index (Phi) is 7.22. The van der Waals surface area contributed by atoms with E-state index in [1.54, 1.807) is 0 Å². The van der Waals surface area contributed by atoms with Crippen molar-refractivity contribution >= 4 is 43.6 Å². The standard InChI is InChI=1S/C50H30N4/c51-31-33-21-25-37(26-22-33)53-48-28-23-34(32-52)29-46(48)43-27-24-35(30-49(43)53)38-13-4-5-14-39(38)40-15-6-7-16-41(40)44-18-10-19-45-42-17-8-9-20-47(42)54(50(44)45)36-11-2-1-3-12-36/h1-30H. The molecule has 0 aliphatic rings. The van der Waals surface area contributed by atoms with E-state index in [-0.39, 0.29) is 0 Å². The summed E-state index contributed by atoms with van der Waals surface area (Å²) in [6.07, 6.45) is 0. The highest BCUT2D eigenvalue weighted by molar-refractivity contribution is 6.15. The van der Waals surface area contributed by atoms with Crippen LogP contribution in [0.5, 0.6) is 0 Å². The molecule has 8 aromatic carbocycles. The monoisotopic (exact) mass is 686 g/mol. The second-order valence-electron chi connectivity index (χ2n) is 13.6. The van der Waals surface area contributed by atoms with E-state index in [4.69, 9.17) is 0 Å². The third-order valence-electron chi connectivity index (χ3n) is 10.6. The van der Waals surface area contributed by atoms with Crippen LogP contribution >= 0.6 is 0 Å². The third-order valence-corrected chi connectivity index (χ3v) is 10.6. The summed E-state index contributed by atoms with van der Waals surface area (Å²) in [4.78, 5) is 0. The summed E-state index contributed by atoms with van der Waals surface area (Å²) in [5.41, 5.74) is 14.5. The Labute approximate surface area is 312 Å². The van der Waals surface area contributed by atoms with Crippen LogP contribution in [0.4, 0.5) is 0 Å². The van der Waals surface area contributed by atoms with Crippen LogP contribution < -0.4 is 0 Å². The smallest absolute Gasteiger partial charge is 0.0991 e. The lowest BCUT2D eigenvalue weighted by Crippen LogP contribution is -1.96. The van der Waals surface area contributed by atoms with E-state index in [1.807, 2.05) is 42.5 Å². The van der Waals surface area contributed by atoms with Gasteiger partial charge >= 0.3 is 0 Å². The maximum Gasteiger partial charge on any atom is 0.0991 e. The lowest BCUT2D eigenvalue weighted by molar-refractivity contribution is 1.18. The van der Waals surface area contributed by atoms with Crippen molar-refractivity contribution in [2.45, 2.75) is 0 Å². The quantitative estimate of drug-likeness (QED) is 0.181. The van der Waals surface area contributed by atoms with E-state index in [0.29, 0.717) is 11.1 Å². The normalized spacial score (nSPS) is 11.3. The Hall–Kier alpha value is -7.66. The van der Waals surface area contributed by atoms with E-state index in [9.17, 15) is 10.5 Å². The van der Waals surface area contributed by atoms with Crippen LogP contribution in [0.15, 0.2) is 182 Å². The molecule has 0 spiro atoms. The zero-order chi connectivity index (χ0) is 36.2. The van der Waals surface area contributed by atoms with Gasteiger partial charge in [0.1, 0.15) is 0 Å². The summed E-state index contributed by atoms with van der Waals surface area (Å²) >= 11 is 0. The van der Waals surface area contributed by atoms with Crippen molar-refractivity contribution in [3.63, 3.8) is 0 Å². The number of nitrogens with zero attached hydrogens (tertiary/aromatic N) is 4. The first-order chi connectivity index (χ1) is 26.7. The molecule has 0 bridgehead atoms. The molecule has 250 valence electrons. The molecule has 0 unspecified atom stereocenters. The van der Waals surface area contributed by atoms with Gasteiger partial charge in [-0.3, -0.25) is 0 Å². The number of nitriles is 2. The van der Waals surface area contributed by atoms with E-state index >= 15 is 0 Å². The number of hydrogen-bond donors (Lipinski definition) is 0. The Balaban J connectivity index is 1.21. The number of hydrogen-bond acceptors (Lipinski definition) is 2. The number of para-hydroxylation sites is 3. The minimum atomic E-state index is 0.611. The fourth-order valence-corrected chi connectivity index (χ4v) is 8.22. The van der Waals surface area contributed by atoms with Crippen LogP contribution in [-0.2, 0) is 0 Å². The van der Waals surface area contributed by atoms with Gasteiger partial charge in [0.15, 0.2) is 0 Å². The average molecular weight is 687 g/mol. The maximum atomic E-state index is 9.77. The SMILES string of the molecule is N#Cc1ccc(-n2c3ccc(C#N)cc3c3ccc(-c4ccccc4-c4ccccc4-c4cccc5c6ccccc6n(-c6ccccc6)c45)cc32)cc1. The predicted molar refractivity (Wildman–Crippen MR) is 221 cm³/mol. The van der Waals surface area contributed by atoms with Crippen LogP contribution in [0.3, 0.4) is 0 Å². The molecule has 10 rings (SSSR count).